The van der Waals surface area contributed by atoms with Crippen molar-refractivity contribution in [3.63, 3.8) is 0 Å². The molecular formula is C22H28N6O2. The summed E-state index contributed by atoms with van der Waals surface area (Å²) >= 11 is 0. The third-order valence-corrected chi connectivity index (χ3v) is 5.97. The molecule has 0 radical (unpaired) electrons. The zero-order valence-corrected chi connectivity index (χ0v) is 17.4. The molecule has 1 aromatic heterocycles. The molecule has 158 valence electrons. The molecule has 2 heterocycles. The third kappa shape index (κ3) is 3.70. The van der Waals surface area contributed by atoms with Crippen LogP contribution in [-0.2, 0) is 5.41 Å². The van der Waals surface area contributed by atoms with Crippen LogP contribution in [0, 0.1) is 5.92 Å². The van der Waals surface area contributed by atoms with Crippen LogP contribution in [0.2, 0.25) is 0 Å². The molecule has 0 spiro atoms. The number of nitrogens with two attached hydrogens (primary N) is 2. The van der Waals surface area contributed by atoms with Crippen molar-refractivity contribution in [2.75, 3.05) is 18.0 Å². The second kappa shape index (κ2) is 7.28. The van der Waals surface area contributed by atoms with Crippen molar-refractivity contribution in [1.82, 2.24) is 10.1 Å². The summed E-state index contributed by atoms with van der Waals surface area (Å²) < 4.78 is 5.53. The number of anilines is 1. The van der Waals surface area contributed by atoms with E-state index < -0.39 is 5.60 Å². The molecule has 0 amide bonds. The minimum absolute atomic E-state index is 0.226. The van der Waals surface area contributed by atoms with Gasteiger partial charge in [0.05, 0.1) is 24.1 Å². The van der Waals surface area contributed by atoms with Crippen LogP contribution in [0.25, 0.3) is 5.57 Å². The number of benzene rings is 1. The predicted molar refractivity (Wildman–Crippen MR) is 117 cm³/mol. The lowest BCUT2D eigenvalue weighted by Gasteiger charge is -2.42. The Morgan fingerprint density at radius 3 is 2.57 bits per heavy atom. The highest BCUT2D eigenvalue weighted by Gasteiger charge is 2.48. The first-order valence-corrected chi connectivity index (χ1v) is 10.1. The van der Waals surface area contributed by atoms with Crippen molar-refractivity contribution in [2.24, 2.45) is 22.4 Å². The van der Waals surface area contributed by atoms with E-state index in [1.165, 1.54) is 6.20 Å². The van der Waals surface area contributed by atoms with Gasteiger partial charge in [-0.05, 0) is 43.7 Å². The van der Waals surface area contributed by atoms with Crippen LogP contribution in [-0.4, -0.2) is 40.2 Å². The number of aliphatic hydroxyl groups is 1. The van der Waals surface area contributed by atoms with Crippen molar-refractivity contribution < 1.29 is 9.63 Å². The summed E-state index contributed by atoms with van der Waals surface area (Å²) in [5, 5.41) is 14.3. The number of nitrogens with zero attached hydrogens (tertiary/aromatic N) is 4. The van der Waals surface area contributed by atoms with Crippen molar-refractivity contribution in [3.8, 4) is 0 Å². The van der Waals surface area contributed by atoms with Crippen molar-refractivity contribution >= 4 is 17.8 Å². The Kier molecular flexibility index (Phi) is 4.89. The van der Waals surface area contributed by atoms with Crippen LogP contribution in [0.5, 0.6) is 0 Å². The Morgan fingerprint density at radius 2 is 2.03 bits per heavy atom. The summed E-state index contributed by atoms with van der Waals surface area (Å²) in [5.41, 5.74) is 13.0. The average Bonchev–Trinajstić information content (AvgIpc) is 3.43. The largest absolute Gasteiger partial charge is 0.404 e. The molecule has 8 nitrogen and oxygen atoms in total. The molecule has 4 rings (SSSR count). The first kappa shape index (κ1) is 20.2. The maximum absolute atomic E-state index is 9.98. The molecular weight excluding hydrogens is 380 g/mol. The number of allylic oxidation sites excluding steroid dienone is 1. The summed E-state index contributed by atoms with van der Waals surface area (Å²) in [6, 6.07) is 8.63. The lowest BCUT2D eigenvalue weighted by Crippen LogP contribution is -2.60. The molecule has 1 aliphatic heterocycles. The Labute approximate surface area is 176 Å². The van der Waals surface area contributed by atoms with Crippen molar-refractivity contribution in [1.29, 1.82) is 0 Å². The monoisotopic (exact) mass is 408 g/mol. The van der Waals surface area contributed by atoms with Gasteiger partial charge in [-0.3, -0.25) is 0 Å². The van der Waals surface area contributed by atoms with E-state index in [4.69, 9.17) is 21.0 Å². The zero-order chi connectivity index (χ0) is 21.5. The van der Waals surface area contributed by atoms with E-state index in [9.17, 15) is 5.11 Å². The molecule has 1 atom stereocenters. The van der Waals surface area contributed by atoms with Gasteiger partial charge in [0.2, 0.25) is 0 Å². The standard InChI is InChI=1S/C22H28N6O2/c1-14(24)25-11-16(10-23)15-4-6-17(7-5-15)22(3,18-8-9-18)19-26-20(30-27-19)28-12-21(2,29)13-28/h4-7,10-11,18,29H,1,8-9,12-13,23-24H2,2-3H3/b16-10+,25-11?. The molecule has 1 unspecified atom stereocenters. The van der Waals surface area contributed by atoms with Gasteiger partial charge in [-0.1, -0.05) is 36.0 Å². The summed E-state index contributed by atoms with van der Waals surface area (Å²) in [7, 11) is 0. The van der Waals surface area contributed by atoms with E-state index in [-0.39, 0.29) is 11.2 Å². The number of rotatable bonds is 7. The van der Waals surface area contributed by atoms with Crippen molar-refractivity contribution in [3.05, 3.63) is 59.8 Å². The summed E-state index contributed by atoms with van der Waals surface area (Å²) in [6.45, 7) is 8.52. The minimum Gasteiger partial charge on any atom is -0.404 e. The Balaban J connectivity index is 1.60. The van der Waals surface area contributed by atoms with Gasteiger partial charge in [0.15, 0.2) is 5.82 Å². The summed E-state index contributed by atoms with van der Waals surface area (Å²) in [5.74, 6) is 1.36. The van der Waals surface area contributed by atoms with Gasteiger partial charge < -0.3 is 26.0 Å². The molecule has 1 saturated heterocycles. The zero-order valence-electron chi connectivity index (χ0n) is 17.4. The Hall–Kier alpha value is -3.13. The molecule has 2 fully saturated rings. The molecule has 5 N–H and O–H groups in total. The fraction of sp³-hybridized carbons (Fsp3) is 0.409. The van der Waals surface area contributed by atoms with Gasteiger partial charge >= 0.3 is 6.01 Å². The topological polar surface area (TPSA) is 127 Å². The lowest BCUT2D eigenvalue weighted by molar-refractivity contribution is 0.0272. The van der Waals surface area contributed by atoms with Crippen LogP contribution < -0.4 is 16.4 Å². The fourth-order valence-corrected chi connectivity index (χ4v) is 4.05. The molecule has 1 aliphatic carbocycles. The van der Waals surface area contributed by atoms with Gasteiger partial charge in [0, 0.05) is 18.0 Å². The van der Waals surface area contributed by atoms with E-state index in [1.54, 1.807) is 13.1 Å². The first-order valence-electron chi connectivity index (χ1n) is 10.1. The fourth-order valence-electron chi connectivity index (χ4n) is 4.05. The van der Waals surface area contributed by atoms with Gasteiger partial charge in [-0.25, -0.2) is 4.99 Å². The first-order chi connectivity index (χ1) is 14.2. The van der Waals surface area contributed by atoms with Crippen molar-refractivity contribution in [2.45, 2.75) is 37.7 Å². The Morgan fingerprint density at radius 1 is 1.37 bits per heavy atom. The SMILES string of the molecule is C=C(N)N=C/C(=C\N)c1ccc(C(C)(c2noc(N3CC(C)(O)C3)n2)C2CC2)cc1. The normalized spacial score (nSPS) is 20.8. The highest BCUT2D eigenvalue weighted by molar-refractivity contribution is 6.09. The second-order valence-electron chi connectivity index (χ2n) is 8.68. The number of aromatic nitrogens is 2. The molecule has 0 bridgehead atoms. The maximum atomic E-state index is 9.98. The van der Waals surface area contributed by atoms with Gasteiger partial charge in [0.25, 0.3) is 0 Å². The second-order valence-corrected chi connectivity index (χ2v) is 8.68. The number of β-amino-alcohol motifs (C(OH)–C–C–N with tert-alkyl or cyclic N) is 1. The summed E-state index contributed by atoms with van der Waals surface area (Å²) in [6.07, 6.45) is 5.35. The van der Waals surface area contributed by atoms with E-state index in [1.807, 2.05) is 17.0 Å². The molecule has 1 aromatic carbocycles. The van der Waals surface area contributed by atoms with E-state index >= 15 is 0 Å². The van der Waals surface area contributed by atoms with Gasteiger partial charge in [-0.2, -0.15) is 4.98 Å². The highest BCUT2D eigenvalue weighted by Crippen LogP contribution is 2.50. The molecule has 8 heteroatoms. The van der Waals surface area contributed by atoms with Crippen LogP contribution in [0.15, 0.2) is 52.4 Å². The number of hydrogen-bond donors (Lipinski definition) is 3. The quantitative estimate of drug-likeness (QED) is 0.599. The average molecular weight is 409 g/mol. The van der Waals surface area contributed by atoms with E-state index in [0.29, 0.717) is 30.8 Å². The van der Waals surface area contributed by atoms with Crippen LogP contribution in [0.1, 0.15) is 43.6 Å². The smallest absolute Gasteiger partial charge is 0.324 e. The number of hydrogen-bond acceptors (Lipinski definition) is 8. The molecule has 2 aromatic rings. The minimum atomic E-state index is -0.696. The Bertz CT molecular complexity index is 995. The maximum Gasteiger partial charge on any atom is 0.324 e. The van der Waals surface area contributed by atoms with E-state index in [2.05, 4.69) is 35.8 Å². The highest BCUT2D eigenvalue weighted by atomic mass is 16.5. The summed E-state index contributed by atoms with van der Waals surface area (Å²) in [4.78, 5) is 10.6. The van der Waals surface area contributed by atoms with Crippen LogP contribution in [0.3, 0.4) is 0 Å². The number of aliphatic imine (C=N–C) groups is 1. The molecule has 30 heavy (non-hydrogen) atoms. The molecule has 2 aliphatic rings. The van der Waals surface area contributed by atoms with Gasteiger partial charge in [0.1, 0.15) is 5.82 Å². The van der Waals surface area contributed by atoms with Crippen LogP contribution in [0.4, 0.5) is 6.01 Å². The van der Waals surface area contributed by atoms with Crippen LogP contribution >= 0.6 is 0 Å². The molecule has 1 saturated carbocycles. The predicted octanol–water partition coefficient (Wildman–Crippen LogP) is 2.16. The third-order valence-electron chi connectivity index (χ3n) is 5.97. The lowest BCUT2D eigenvalue weighted by atomic mass is 9.76. The van der Waals surface area contributed by atoms with Gasteiger partial charge in [-0.15, -0.1) is 0 Å². The van der Waals surface area contributed by atoms with E-state index in [0.717, 1.165) is 29.5 Å².